The number of carboxylic acids is 1. The fourth-order valence-corrected chi connectivity index (χ4v) is 1.90. The zero-order valence-electron chi connectivity index (χ0n) is 7.61. The molecular formula is C9H15NO3. The Balaban J connectivity index is 1.70. The Kier molecular flexibility index (Phi) is 2.51. The van der Waals surface area contributed by atoms with Gasteiger partial charge in [0.25, 0.3) is 0 Å². The molecule has 2 atom stereocenters. The first-order valence-corrected chi connectivity index (χ1v) is 4.88. The summed E-state index contributed by atoms with van der Waals surface area (Å²) in [5.41, 5.74) is 0. The van der Waals surface area contributed by atoms with Gasteiger partial charge < -0.3 is 14.7 Å². The van der Waals surface area contributed by atoms with Gasteiger partial charge in [0.15, 0.2) is 6.10 Å². The van der Waals surface area contributed by atoms with Crippen molar-refractivity contribution in [2.45, 2.75) is 31.5 Å². The topological polar surface area (TPSA) is 53.1 Å². The van der Waals surface area contributed by atoms with Crippen LogP contribution in [0.1, 0.15) is 19.3 Å². The molecule has 13 heavy (non-hydrogen) atoms. The van der Waals surface area contributed by atoms with E-state index in [2.05, 4.69) is 4.90 Å². The molecule has 0 saturated carbocycles. The number of carboxylic acid groups (broad SMARTS) is 1. The lowest BCUT2D eigenvalue weighted by atomic mass is 10.1. The van der Waals surface area contributed by atoms with Crippen molar-refractivity contribution in [1.29, 1.82) is 0 Å². The van der Waals surface area contributed by atoms with Crippen LogP contribution in [0.4, 0.5) is 0 Å². The number of hydrogen-bond acceptors (Lipinski definition) is 3. The highest BCUT2D eigenvalue weighted by Gasteiger charge is 2.45. The number of nitrogens with zero attached hydrogens (tertiary/aromatic N) is 1. The third-order valence-electron chi connectivity index (χ3n) is 2.71. The van der Waals surface area contributed by atoms with E-state index in [1.807, 2.05) is 0 Å². The number of rotatable bonds is 3. The van der Waals surface area contributed by atoms with Crippen LogP contribution in [0.15, 0.2) is 0 Å². The summed E-state index contributed by atoms with van der Waals surface area (Å²) in [5, 5.41) is 8.61. The quantitative estimate of drug-likeness (QED) is 0.643. The van der Waals surface area contributed by atoms with Crippen molar-refractivity contribution < 1.29 is 14.6 Å². The number of ether oxygens (including phenoxy) is 1. The van der Waals surface area contributed by atoms with E-state index in [9.17, 15) is 4.79 Å². The molecule has 1 N–H and O–H groups in total. The van der Waals surface area contributed by atoms with Gasteiger partial charge in [-0.3, -0.25) is 0 Å². The molecule has 74 valence electrons. The minimum absolute atomic E-state index is 0.0457. The Morgan fingerprint density at radius 2 is 2.08 bits per heavy atom. The van der Waals surface area contributed by atoms with Gasteiger partial charge in [-0.25, -0.2) is 4.79 Å². The van der Waals surface area contributed by atoms with E-state index in [1.54, 1.807) is 0 Å². The summed E-state index contributed by atoms with van der Waals surface area (Å²) < 4.78 is 5.04. The molecule has 0 spiro atoms. The van der Waals surface area contributed by atoms with Crippen LogP contribution < -0.4 is 0 Å². The molecule has 2 heterocycles. The average molecular weight is 185 g/mol. The van der Waals surface area contributed by atoms with E-state index in [0.717, 1.165) is 19.6 Å². The number of carbonyl (C=O) groups is 1. The number of aliphatic carboxylic acids is 1. The maximum Gasteiger partial charge on any atom is 0.335 e. The summed E-state index contributed by atoms with van der Waals surface area (Å²) in [7, 11) is 0. The second-order valence-corrected chi connectivity index (χ2v) is 3.79. The predicted octanol–water partition coefficient (Wildman–Crippen LogP) is 0.324. The maximum atomic E-state index is 10.5. The Morgan fingerprint density at radius 1 is 1.38 bits per heavy atom. The van der Waals surface area contributed by atoms with Crippen LogP contribution in [0.2, 0.25) is 0 Å². The highest BCUT2D eigenvalue weighted by Crippen LogP contribution is 2.24. The number of epoxide rings is 1. The van der Waals surface area contributed by atoms with Crippen LogP contribution in [0.5, 0.6) is 0 Å². The first kappa shape index (κ1) is 8.97. The van der Waals surface area contributed by atoms with Crippen molar-refractivity contribution in [3.63, 3.8) is 0 Å². The average Bonchev–Trinajstić information content (AvgIpc) is 2.86. The molecule has 2 unspecified atom stereocenters. The Labute approximate surface area is 77.5 Å². The van der Waals surface area contributed by atoms with Gasteiger partial charge in [-0.2, -0.15) is 0 Å². The third kappa shape index (κ3) is 2.19. The largest absolute Gasteiger partial charge is 0.479 e. The molecule has 0 aromatic rings. The first-order valence-electron chi connectivity index (χ1n) is 4.88. The van der Waals surface area contributed by atoms with E-state index >= 15 is 0 Å². The molecule has 0 aliphatic carbocycles. The Bertz CT molecular complexity index is 201. The van der Waals surface area contributed by atoms with Gasteiger partial charge in [-0.1, -0.05) is 6.42 Å². The summed E-state index contributed by atoms with van der Waals surface area (Å²) in [6, 6.07) is 0. The fraction of sp³-hybridized carbons (Fsp3) is 0.889. The van der Waals surface area contributed by atoms with Crippen LogP contribution in [0, 0.1) is 0 Å². The minimum atomic E-state index is -0.818. The maximum absolute atomic E-state index is 10.5. The lowest BCUT2D eigenvalue weighted by Crippen LogP contribution is -2.34. The first-order chi connectivity index (χ1) is 6.27. The van der Waals surface area contributed by atoms with Gasteiger partial charge in [0.2, 0.25) is 0 Å². The summed E-state index contributed by atoms with van der Waals surface area (Å²) in [6.45, 7) is 3.01. The van der Waals surface area contributed by atoms with E-state index in [-0.39, 0.29) is 6.10 Å². The second kappa shape index (κ2) is 3.64. The van der Waals surface area contributed by atoms with Gasteiger partial charge in [0.1, 0.15) is 6.10 Å². The van der Waals surface area contributed by atoms with E-state index in [0.29, 0.717) is 0 Å². The zero-order chi connectivity index (χ0) is 9.26. The lowest BCUT2D eigenvalue weighted by molar-refractivity contribution is -0.138. The second-order valence-electron chi connectivity index (χ2n) is 3.79. The molecule has 0 aromatic carbocycles. The van der Waals surface area contributed by atoms with E-state index in [1.165, 1.54) is 19.3 Å². The summed E-state index contributed by atoms with van der Waals surface area (Å²) in [4.78, 5) is 12.8. The van der Waals surface area contributed by atoms with Crippen molar-refractivity contribution in [3.8, 4) is 0 Å². The minimum Gasteiger partial charge on any atom is -0.479 e. The standard InChI is InChI=1S/C9H15NO3/c11-9(12)8-7(13-8)6-10-4-2-1-3-5-10/h7-8H,1-6H2,(H,11,12). The molecular weight excluding hydrogens is 170 g/mol. The highest BCUT2D eigenvalue weighted by molar-refractivity contribution is 5.75. The molecule has 4 nitrogen and oxygen atoms in total. The molecule has 4 heteroatoms. The zero-order valence-corrected chi connectivity index (χ0v) is 7.61. The third-order valence-corrected chi connectivity index (χ3v) is 2.71. The molecule has 2 fully saturated rings. The van der Waals surface area contributed by atoms with Gasteiger partial charge in [-0.15, -0.1) is 0 Å². The molecule has 0 radical (unpaired) electrons. The van der Waals surface area contributed by atoms with Crippen molar-refractivity contribution in [2.24, 2.45) is 0 Å². The van der Waals surface area contributed by atoms with Crippen LogP contribution >= 0.6 is 0 Å². The number of likely N-dealkylation sites (tertiary alicyclic amines) is 1. The van der Waals surface area contributed by atoms with Gasteiger partial charge in [-0.05, 0) is 25.9 Å². The van der Waals surface area contributed by atoms with Crippen LogP contribution in [0.3, 0.4) is 0 Å². The lowest BCUT2D eigenvalue weighted by Gasteiger charge is -2.25. The van der Waals surface area contributed by atoms with Gasteiger partial charge >= 0.3 is 5.97 Å². The summed E-state index contributed by atoms with van der Waals surface area (Å²) in [6.07, 6.45) is 3.22. The SMILES string of the molecule is O=C(O)C1OC1CN1CCCCC1. The highest BCUT2D eigenvalue weighted by atomic mass is 16.6. The van der Waals surface area contributed by atoms with Gasteiger partial charge in [0, 0.05) is 6.54 Å². The van der Waals surface area contributed by atoms with Crippen molar-refractivity contribution in [3.05, 3.63) is 0 Å². The fourth-order valence-electron chi connectivity index (χ4n) is 1.90. The van der Waals surface area contributed by atoms with Crippen molar-refractivity contribution >= 4 is 5.97 Å². The Morgan fingerprint density at radius 3 is 2.62 bits per heavy atom. The molecule has 2 aliphatic rings. The molecule has 2 rings (SSSR count). The van der Waals surface area contributed by atoms with Crippen molar-refractivity contribution in [2.75, 3.05) is 19.6 Å². The number of piperidine rings is 1. The van der Waals surface area contributed by atoms with Crippen LogP contribution in [-0.2, 0) is 9.53 Å². The van der Waals surface area contributed by atoms with Crippen molar-refractivity contribution in [1.82, 2.24) is 4.90 Å². The molecule has 0 aromatic heterocycles. The van der Waals surface area contributed by atoms with Crippen LogP contribution in [-0.4, -0.2) is 47.8 Å². The van der Waals surface area contributed by atoms with Crippen LogP contribution in [0.25, 0.3) is 0 Å². The van der Waals surface area contributed by atoms with E-state index in [4.69, 9.17) is 9.84 Å². The summed E-state index contributed by atoms with van der Waals surface area (Å²) in [5.74, 6) is -0.818. The smallest absolute Gasteiger partial charge is 0.335 e. The van der Waals surface area contributed by atoms with Gasteiger partial charge in [0.05, 0.1) is 0 Å². The summed E-state index contributed by atoms with van der Waals surface area (Å²) >= 11 is 0. The Hall–Kier alpha value is -0.610. The normalized spacial score (nSPS) is 34.5. The van der Waals surface area contributed by atoms with E-state index < -0.39 is 12.1 Å². The molecule has 0 amide bonds. The molecule has 2 aliphatic heterocycles. The monoisotopic (exact) mass is 185 g/mol. The molecule has 0 bridgehead atoms. The number of hydrogen-bond donors (Lipinski definition) is 1. The predicted molar refractivity (Wildman–Crippen MR) is 46.6 cm³/mol. The molecule has 2 saturated heterocycles.